The minimum Gasteiger partial charge on any atom is -0.369 e. The van der Waals surface area contributed by atoms with E-state index in [2.05, 4.69) is 0 Å². The highest BCUT2D eigenvalue weighted by Gasteiger charge is 2.33. The monoisotopic (exact) mass is 205 g/mol. The Balaban J connectivity index is 2.72. The zero-order chi connectivity index (χ0) is 11.0. The molecule has 14 heavy (non-hydrogen) atoms. The third-order valence-corrected chi connectivity index (χ3v) is 2.13. The largest absolute Gasteiger partial charge is 0.416 e. The molecule has 0 aromatic carbocycles. The maximum absolute atomic E-state index is 12.2. The van der Waals surface area contributed by atoms with Crippen LogP contribution in [0, 0.1) is 0 Å². The van der Waals surface area contributed by atoms with Gasteiger partial charge in [0.25, 0.3) is 0 Å². The molecule has 0 radical (unpaired) electrons. The second-order valence-corrected chi connectivity index (χ2v) is 4.30. The smallest absolute Gasteiger partial charge is 0.369 e. The molecular weight excluding hydrogens is 191 g/mol. The van der Waals surface area contributed by atoms with Crippen LogP contribution in [0.5, 0.6) is 0 Å². The first-order chi connectivity index (χ1) is 6.21. The second-order valence-electron chi connectivity index (χ2n) is 4.30. The molecule has 0 fully saturated rings. The van der Waals surface area contributed by atoms with Crippen LogP contribution in [0.3, 0.4) is 0 Å². The SMILES string of the molecule is CC(C)(C)N1C=CC(C(F)(F)F)=CC1. The highest BCUT2D eigenvalue weighted by molar-refractivity contribution is 5.27. The summed E-state index contributed by atoms with van der Waals surface area (Å²) in [6.07, 6.45) is -0.386. The number of alkyl halides is 3. The molecule has 4 heteroatoms. The van der Waals surface area contributed by atoms with Crippen molar-refractivity contribution in [2.45, 2.75) is 32.5 Å². The van der Waals surface area contributed by atoms with E-state index in [1.807, 2.05) is 25.7 Å². The van der Waals surface area contributed by atoms with E-state index in [1.165, 1.54) is 12.3 Å². The highest BCUT2D eigenvalue weighted by Crippen LogP contribution is 2.29. The van der Waals surface area contributed by atoms with Crippen molar-refractivity contribution in [3.8, 4) is 0 Å². The van der Waals surface area contributed by atoms with Gasteiger partial charge >= 0.3 is 6.18 Å². The van der Waals surface area contributed by atoms with Gasteiger partial charge in [-0.15, -0.1) is 0 Å². The summed E-state index contributed by atoms with van der Waals surface area (Å²) in [5.74, 6) is 0. The van der Waals surface area contributed by atoms with Crippen LogP contribution in [0.25, 0.3) is 0 Å². The molecule has 0 saturated carbocycles. The maximum Gasteiger partial charge on any atom is 0.416 e. The summed E-state index contributed by atoms with van der Waals surface area (Å²) >= 11 is 0. The minimum absolute atomic E-state index is 0.135. The zero-order valence-corrected chi connectivity index (χ0v) is 8.52. The van der Waals surface area contributed by atoms with Crippen LogP contribution in [-0.4, -0.2) is 23.2 Å². The van der Waals surface area contributed by atoms with Gasteiger partial charge in [-0.2, -0.15) is 13.2 Å². The van der Waals surface area contributed by atoms with Crippen LogP contribution >= 0.6 is 0 Å². The van der Waals surface area contributed by atoms with Gasteiger partial charge in [0.2, 0.25) is 0 Å². The van der Waals surface area contributed by atoms with Crippen LogP contribution in [0.2, 0.25) is 0 Å². The first kappa shape index (κ1) is 11.1. The summed E-state index contributed by atoms with van der Waals surface area (Å²) in [5, 5.41) is 0. The summed E-state index contributed by atoms with van der Waals surface area (Å²) in [4.78, 5) is 1.86. The molecular formula is C10H14F3N. The van der Waals surface area contributed by atoms with E-state index in [1.54, 1.807) is 0 Å². The fourth-order valence-corrected chi connectivity index (χ4v) is 1.20. The lowest BCUT2D eigenvalue weighted by Gasteiger charge is -2.35. The molecule has 0 aromatic heterocycles. The molecule has 1 rings (SSSR count). The van der Waals surface area contributed by atoms with Gasteiger partial charge in [0.15, 0.2) is 0 Å². The van der Waals surface area contributed by atoms with E-state index in [-0.39, 0.29) is 5.54 Å². The number of rotatable bonds is 0. The van der Waals surface area contributed by atoms with Crippen LogP contribution in [0.1, 0.15) is 20.8 Å². The van der Waals surface area contributed by atoms with Gasteiger partial charge in [-0.05, 0) is 26.8 Å². The van der Waals surface area contributed by atoms with Crippen molar-refractivity contribution in [2.24, 2.45) is 0 Å². The molecule has 0 saturated heterocycles. The third kappa shape index (κ3) is 2.53. The predicted molar refractivity (Wildman–Crippen MR) is 49.7 cm³/mol. The Labute approximate surface area is 81.9 Å². The van der Waals surface area contributed by atoms with Gasteiger partial charge in [0.05, 0.1) is 5.57 Å². The molecule has 0 aliphatic carbocycles. The lowest BCUT2D eigenvalue weighted by Crippen LogP contribution is -2.38. The minimum atomic E-state index is -4.22. The number of halogens is 3. The molecule has 1 nitrogen and oxygen atoms in total. The van der Waals surface area contributed by atoms with Gasteiger partial charge in [0, 0.05) is 18.3 Å². The maximum atomic E-state index is 12.2. The molecule has 0 atom stereocenters. The van der Waals surface area contributed by atoms with Crippen molar-refractivity contribution in [1.82, 2.24) is 4.90 Å². The summed E-state index contributed by atoms with van der Waals surface area (Å²) in [6, 6.07) is 0. The molecule has 0 aromatic rings. The number of hydrogen-bond acceptors (Lipinski definition) is 1. The Bertz CT molecular complexity index is 268. The van der Waals surface area contributed by atoms with E-state index in [0.717, 1.165) is 6.08 Å². The van der Waals surface area contributed by atoms with Gasteiger partial charge in [-0.1, -0.05) is 6.08 Å². The molecule has 80 valence electrons. The normalized spacial score (nSPS) is 18.4. The van der Waals surface area contributed by atoms with Crippen LogP contribution in [-0.2, 0) is 0 Å². The van der Waals surface area contributed by atoms with Gasteiger partial charge < -0.3 is 4.90 Å². The quantitative estimate of drug-likeness (QED) is 0.587. The van der Waals surface area contributed by atoms with E-state index >= 15 is 0 Å². The summed E-state index contributed by atoms with van der Waals surface area (Å²) < 4.78 is 36.7. The standard InChI is InChI=1S/C10H14F3N/c1-9(2,3)14-6-4-8(5-7-14)10(11,12)13/h4-6H,7H2,1-3H3. The average Bonchev–Trinajstić information content (AvgIpc) is 2.01. The molecule has 0 amide bonds. The highest BCUT2D eigenvalue weighted by atomic mass is 19.4. The predicted octanol–water partition coefficient (Wildman–Crippen LogP) is 3.10. The number of nitrogens with zero attached hydrogens (tertiary/aromatic N) is 1. The molecule has 1 heterocycles. The van der Waals surface area contributed by atoms with E-state index in [4.69, 9.17) is 0 Å². The Morgan fingerprint density at radius 3 is 2.07 bits per heavy atom. The van der Waals surface area contributed by atoms with Crippen molar-refractivity contribution in [2.75, 3.05) is 6.54 Å². The zero-order valence-electron chi connectivity index (χ0n) is 8.52. The first-order valence-corrected chi connectivity index (χ1v) is 4.43. The lowest BCUT2D eigenvalue weighted by atomic mass is 10.0. The van der Waals surface area contributed by atoms with Crippen LogP contribution < -0.4 is 0 Å². The molecule has 1 aliphatic rings. The van der Waals surface area contributed by atoms with E-state index < -0.39 is 11.7 Å². The molecule has 0 spiro atoms. The van der Waals surface area contributed by atoms with Crippen molar-refractivity contribution in [3.63, 3.8) is 0 Å². The van der Waals surface area contributed by atoms with Crippen molar-refractivity contribution in [1.29, 1.82) is 0 Å². The van der Waals surface area contributed by atoms with Gasteiger partial charge in [0.1, 0.15) is 0 Å². The topological polar surface area (TPSA) is 3.24 Å². The molecule has 0 unspecified atom stereocenters. The molecule has 0 bridgehead atoms. The van der Waals surface area contributed by atoms with Crippen molar-refractivity contribution >= 4 is 0 Å². The Kier molecular flexibility index (Phi) is 2.65. The Morgan fingerprint density at radius 2 is 1.79 bits per heavy atom. The van der Waals surface area contributed by atoms with E-state index in [9.17, 15) is 13.2 Å². The fourth-order valence-electron chi connectivity index (χ4n) is 1.20. The summed E-state index contributed by atoms with van der Waals surface area (Å²) in [5.41, 5.74) is -0.692. The van der Waals surface area contributed by atoms with E-state index in [0.29, 0.717) is 6.54 Å². The summed E-state index contributed by atoms with van der Waals surface area (Å²) in [6.45, 7) is 6.20. The van der Waals surface area contributed by atoms with Crippen LogP contribution in [0.4, 0.5) is 13.2 Å². The Morgan fingerprint density at radius 1 is 1.21 bits per heavy atom. The molecule has 0 N–H and O–H groups in total. The van der Waals surface area contributed by atoms with Crippen LogP contribution in [0.15, 0.2) is 23.9 Å². The van der Waals surface area contributed by atoms with Gasteiger partial charge in [-0.3, -0.25) is 0 Å². The number of allylic oxidation sites excluding steroid dienone is 2. The third-order valence-electron chi connectivity index (χ3n) is 2.13. The van der Waals surface area contributed by atoms with Crippen molar-refractivity contribution < 1.29 is 13.2 Å². The summed E-state index contributed by atoms with van der Waals surface area (Å²) in [7, 11) is 0. The lowest BCUT2D eigenvalue weighted by molar-refractivity contribution is -0.0891. The second kappa shape index (κ2) is 3.33. The first-order valence-electron chi connectivity index (χ1n) is 4.43. The Hall–Kier alpha value is -0.930. The number of hydrogen-bond donors (Lipinski definition) is 0. The average molecular weight is 205 g/mol. The fraction of sp³-hybridized carbons (Fsp3) is 0.600. The van der Waals surface area contributed by atoms with Gasteiger partial charge in [-0.25, -0.2) is 0 Å². The molecule has 1 aliphatic heterocycles. The van der Waals surface area contributed by atoms with Crippen molar-refractivity contribution in [3.05, 3.63) is 23.9 Å².